The number of nitrogens with one attached hydrogen (secondary N) is 1. The van der Waals surface area contributed by atoms with Crippen LogP contribution in [0.2, 0.25) is 0 Å². The number of likely N-dealkylation sites (tertiary alicyclic amines) is 2. The van der Waals surface area contributed by atoms with Gasteiger partial charge in [-0.25, -0.2) is 4.98 Å². The Morgan fingerprint density at radius 2 is 2.00 bits per heavy atom. The van der Waals surface area contributed by atoms with E-state index in [0.717, 1.165) is 57.3 Å². The van der Waals surface area contributed by atoms with Gasteiger partial charge in [0.1, 0.15) is 5.82 Å². The van der Waals surface area contributed by atoms with Crippen LogP contribution in [0, 0.1) is 5.92 Å². The zero-order valence-corrected chi connectivity index (χ0v) is 17.5. The fourth-order valence-electron chi connectivity index (χ4n) is 4.16. The van der Waals surface area contributed by atoms with E-state index in [4.69, 9.17) is 0 Å². The Kier molecular flexibility index (Phi) is 6.27. The molecule has 1 N–H and O–H groups in total. The van der Waals surface area contributed by atoms with Crippen LogP contribution in [0.1, 0.15) is 53.9 Å². The van der Waals surface area contributed by atoms with Crippen LogP contribution in [-0.2, 0) is 0 Å². The van der Waals surface area contributed by atoms with E-state index in [9.17, 15) is 4.79 Å². The highest BCUT2D eigenvalue weighted by Gasteiger charge is 2.25. The van der Waals surface area contributed by atoms with Crippen molar-refractivity contribution >= 4 is 23.1 Å². The minimum Gasteiger partial charge on any atom is -0.368 e. The second-order valence-electron chi connectivity index (χ2n) is 8.06. The predicted octanol–water partition coefficient (Wildman–Crippen LogP) is 4.26. The lowest BCUT2D eigenvalue weighted by molar-refractivity contribution is 0.0792. The Balaban J connectivity index is 1.39. The molecule has 5 nitrogen and oxygen atoms in total. The van der Waals surface area contributed by atoms with Crippen molar-refractivity contribution in [3.63, 3.8) is 0 Å². The molecule has 0 bridgehead atoms. The summed E-state index contributed by atoms with van der Waals surface area (Å²) < 4.78 is 0. The highest BCUT2D eigenvalue weighted by atomic mass is 32.1. The van der Waals surface area contributed by atoms with E-state index in [-0.39, 0.29) is 5.91 Å². The molecule has 2 fully saturated rings. The third-order valence-corrected chi connectivity index (χ3v) is 6.98. The van der Waals surface area contributed by atoms with Crippen molar-refractivity contribution in [3.05, 3.63) is 46.3 Å². The van der Waals surface area contributed by atoms with E-state index in [0.29, 0.717) is 11.6 Å². The summed E-state index contributed by atoms with van der Waals surface area (Å²) in [6.45, 7) is 7.24. The summed E-state index contributed by atoms with van der Waals surface area (Å²) in [6.07, 6.45) is 6.48. The fourth-order valence-corrected chi connectivity index (χ4v) is 5.02. The number of aromatic nitrogens is 1. The minimum absolute atomic E-state index is 0.107. The number of nitrogens with zero attached hydrogens (tertiary/aromatic N) is 3. The molecule has 4 heterocycles. The highest BCUT2D eigenvalue weighted by molar-refractivity contribution is 7.10. The first-order valence-corrected chi connectivity index (χ1v) is 11.4. The van der Waals surface area contributed by atoms with Crippen LogP contribution in [0.3, 0.4) is 0 Å². The van der Waals surface area contributed by atoms with Gasteiger partial charge >= 0.3 is 0 Å². The topological polar surface area (TPSA) is 48.5 Å². The first-order valence-electron chi connectivity index (χ1n) is 10.5. The number of carbonyl (C=O) groups is 1. The van der Waals surface area contributed by atoms with Gasteiger partial charge in [-0.3, -0.25) is 9.69 Å². The predicted molar refractivity (Wildman–Crippen MR) is 115 cm³/mol. The van der Waals surface area contributed by atoms with Gasteiger partial charge in [0.15, 0.2) is 0 Å². The summed E-state index contributed by atoms with van der Waals surface area (Å²) in [6, 6.07) is 8.59. The second-order valence-corrected chi connectivity index (χ2v) is 9.04. The van der Waals surface area contributed by atoms with Crippen LogP contribution in [0.5, 0.6) is 0 Å². The fraction of sp³-hybridized carbons (Fsp3) is 0.545. The molecular formula is C22H30N4OS. The molecule has 6 heteroatoms. The van der Waals surface area contributed by atoms with E-state index < -0.39 is 0 Å². The van der Waals surface area contributed by atoms with Crippen molar-refractivity contribution in [1.82, 2.24) is 14.8 Å². The molecular weight excluding hydrogens is 368 g/mol. The second kappa shape index (κ2) is 9.05. The van der Waals surface area contributed by atoms with Crippen molar-refractivity contribution in [3.8, 4) is 0 Å². The minimum atomic E-state index is 0.107. The summed E-state index contributed by atoms with van der Waals surface area (Å²) in [5.74, 6) is 1.77. The normalized spacial score (nSPS) is 19.7. The van der Waals surface area contributed by atoms with Crippen LogP contribution < -0.4 is 5.32 Å². The molecule has 0 radical (unpaired) electrons. The van der Waals surface area contributed by atoms with E-state index in [1.165, 1.54) is 17.7 Å². The van der Waals surface area contributed by atoms with E-state index in [2.05, 4.69) is 39.6 Å². The largest absolute Gasteiger partial charge is 0.368 e. The van der Waals surface area contributed by atoms with Gasteiger partial charge < -0.3 is 10.2 Å². The summed E-state index contributed by atoms with van der Waals surface area (Å²) >= 11 is 1.83. The molecule has 150 valence electrons. The van der Waals surface area contributed by atoms with E-state index >= 15 is 0 Å². The summed E-state index contributed by atoms with van der Waals surface area (Å²) in [5, 5.41) is 5.66. The number of piperidine rings is 1. The number of rotatable bonds is 6. The number of hydrogen-bond donors (Lipinski definition) is 1. The molecule has 0 spiro atoms. The lowest BCUT2D eigenvalue weighted by Crippen LogP contribution is -2.38. The van der Waals surface area contributed by atoms with Crippen molar-refractivity contribution in [2.75, 3.05) is 38.0 Å². The van der Waals surface area contributed by atoms with E-state index in [1.54, 1.807) is 6.20 Å². The Labute approximate surface area is 171 Å². The van der Waals surface area contributed by atoms with Crippen molar-refractivity contribution in [1.29, 1.82) is 0 Å². The van der Waals surface area contributed by atoms with Crippen LogP contribution in [0.15, 0.2) is 35.8 Å². The number of amides is 1. The van der Waals surface area contributed by atoms with Crippen molar-refractivity contribution in [2.24, 2.45) is 5.92 Å². The van der Waals surface area contributed by atoms with Crippen molar-refractivity contribution < 1.29 is 4.79 Å². The molecule has 2 saturated heterocycles. The first-order chi connectivity index (χ1) is 13.7. The van der Waals surface area contributed by atoms with Gasteiger partial charge in [-0.1, -0.05) is 13.0 Å². The van der Waals surface area contributed by atoms with Gasteiger partial charge in [-0.15, -0.1) is 11.3 Å². The standard InChI is InChI=1S/C22H30N4OS/c1-17-8-12-25(13-9-17)19(20-5-4-14-28-20)16-24-21-7-6-18(15-23-21)22(27)26-10-2-3-11-26/h4-7,14-15,17,19H,2-3,8-13,16H2,1H3,(H,23,24)/t19-/m0/s1. The maximum atomic E-state index is 12.5. The van der Waals surface area contributed by atoms with Crippen LogP contribution >= 0.6 is 11.3 Å². The average molecular weight is 399 g/mol. The lowest BCUT2D eigenvalue weighted by atomic mass is 9.97. The number of thiophene rings is 1. The Hall–Kier alpha value is -1.92. The molecule has 0 unspecified atom stereocenters. The monoisotopic (exact) mass is 398 g/mol. The maximum absolute atomic E-state index is 12.5. The molecule has 1 atom stereocenters. The van der Waals surface area contributed by atoms with Crippen LogP contribution in [0.4, 0.5) is 5.82 Å². The molecule has 2 aliphatic heterocycles. The first kappa shape index (κ1) is 19.4. The van der Waals surface area contributed by atoms with Gasteiger partial charge in [0, 0.05) is 30.7 Å². The molecule has 28 heavy (non-hydrogen) atoms. The smallest absolute Gasteiger partial charge is 0.255 e. The molecule has 0 aliphatic carbocycles. The third kappa shape index (κ3) is 4.55. The molecule has 2 aliphatic rings. The average Bonchev–Trinajstić information content (AvgIpc) is 3.44. The van der Waals surface area contributed by atoms with Gasteiger partial charge in [-0.2, -0.15) is 0 Å². The van der Waals surface area contributed by atoms with Crippen LogP contribution in [-0.4, -0.2) is 53.4 Å². The van der Waals surface area contributed by atoms with E-state index in [1.807, 2.05) is 28.4 Å². The van der Waals surface area contributed by atoms with Gasteiger partial charge in [0.05, 0.1) is 11.6 Å². The summed E-state index contributed by atoms with van der Waals surface area (Å²) in [5.41, 5.74) is 0.687. The van der Waals surface area contributed by atoms with Crippen molar-refractivity contribution in [2.45, 2.75) is 38.6 Å². The Morgan fingerprint density at radius 1 is 1.21 bits per heavy atom. The number of pyridine rings is 1. The highest BCUT2D eigenvalue weighted by Crippen LogP contribution is 2.29. The maximum Gasteiger partial charge on any atom is 0.255 e. The van der Waals surface area contributed by atoms with Crippen LogP contribution in [0.25, 0.3) is 0 Å². The zero-order valence-electron chi connectivity index (χ0n) is 16.6. The van der Waals surface area contributed by atoms with Gasteiger partial charge in [0.25, 0.3) is 5.91 Å². The summed E-state index contributed by atoms with van der Waals surface area (Å²) in [7, 11) is 0. The lowest BCUT2D eigenvalue weighted by Gasteiger charge is -2.36. The molecule has 2 aromatic heterocycles. The van der Waals surface area contributed by atoms with Gasteiger partial charge in [0.2, 0.25) is 0 Å². The Bertz CT molecular complexity index is 747. The SMILES string of the molecule is CC1CCN([C@@H](CNc2ccc(C(=O)N3CCCC3)cn2)c2cccs2)CC1. The summed E-state index contributed by atoms with van der Waals surface area (Å²) in [4.78, 5) is 22.9. The zero-order chi connectivity index (χ0) is 19.3. The molecule has 1 amide bonds. The quantitative estimate of drug-likeness (QED) is 0.790. The molecule has 2 aromatic rings. The number of carbonyl (C=O) groups excluding carboxylic acids is 1. The third-order valence-electron chi connectivity index (χ3n) is 6.01. The molecule has 0 aromatic carbocycles. The molecule has 0 saturated carbocycles. The molecule has 4 rings (SSSR count). The van der Waals surface area contributed by atoms with Gasteiger partial charge in [-0.05, 0) is 68.3 Å². The number of anilines is 1. The number of hydrogen-bond acceptors (Lipinski definition) is 5. The Morgan fingerprint density at radius 3 is 2.64 bits per heavy atom.